The molecule has 1 aromatic rings. The average molecular weight is 249 g/mol. The molecule has 1 aliphatic rings. The molecule has 0 aromatic heterocycles. The van der Waals surface area contributed by atoms with Crippen LogP contribution in [0.15, 0.2) is 18.2 Å². The predicted molar refractivity (Wildman–Crippen MR) is 73.2 cm³/mol. The van der Waals surface area contributed by atoms with E-state index in [-0.39, 0.29) is 0 Å². The van der Waals surface area contributed by atoms with Crippen LogP contribution in [0.3, 0.4) is 0 Å². The highest BCUT2D eigenvalue weighted by molar-refractivity contribution is 5.39. The van der Waals surface area contributed by atoms with E-state index < -0.39 is 0 Å². The Morgan fingerprint density at radius 1 is 1.33 bits per heavy atom. The van der Waals surface area contributed by atoms with Gasteiger partial charge in [-0.1, -0.05) is 13.0 Å². The Morgan fingerprint density at radius 3 is 3.00 bits per heavy atom. The maximum absolute atomic E-state index is 5.69. The summed E-state index contributed by atoms with van der Waals surface area (Å²) in [5.41, 5.74) is 2.88. The first kappa shape index (κ1) is 13.4. The Labute approximate surface area is 109 Å². The van der Waals surface area contributed by atoms with E-state index in [4.69, 9.17) is 9.47 Å². The van der Waals surface area contributed by atoms with Crippen molar-refractivity contribution in [3.05, 3.63) is 29.3 Å². The number of benzene rings is 1. The molecule has 18 heavy (non-hydrogen) atoms. The Kier molecular flexibility index (Phi) is 5.02. The number of hydrogen-bond donors (Lipinski definition) is 1. The second-order valence-electron chi connectivity index (χ2n) is 4.70. The quantitative estimate of drug-likeness (QED) is 0.786. The van der Waals surface area contributed by atoms with Gasteiger partial charge in [-0.05, 0) is 49.1 Å². The Bertz CT molecular complexity index is 379. The first-order chi connectivity index (χ1) is 8.85. The van der Waals surface area contributed by atoms with Crippen LogP contribution >= 0.6 is 0 Å². The lowest BCUT2D eigenvalue weighted by molar-refractivity contribution is 0.146. The molecule has 0 amide bonds. The van der Waals surface area contributed by atoms with Gasteiger partial charge in [0.25, 0.3) is 0 Å². The van der Waals surface area contributed by atoms with E-state index in [0.29, 0.717) is 19.3 Å². The third-order valence-corrected chi connectivity index (χ3v) is 3.44. The predicted octanol–water partition coefficient (Wildman–Crippen LogP) is 2.70. The maximum Gasteiger partial charge on any atom is 0.119 e. The van der Waals surface area contributed by atoms with E-state index in [1.807, 2.05) is 0 Å². The largest absolute Gasteiger partial charge is 0.491 e. The normalized spacial score (nSPS) is 18.4. The first-order valence-corrected chi connectivity index (χ1v) is 6.83. The molecule has 0 saturated carbocycles. The number of methoxy groups -OCH3 is 1. The highest BCUT2D eigenvalue weighted by Crippen LogP contribution is 2.32. The Morgan fingerprint density at radius 2 is 2.22 bits per heavy atom. The van der Waals surface area contributed by atoms with Gasteiger partial charge in [0.1, 0.15) is 12.4 Å². The van der Waals surface area contributed by atoms with E-state index in [1.54, 1.807) is 7.11 Å². The molecular formula is C15H23NO2. The number of rotatable bonds is 6. The van der Waals surface area contributed by atoms with Crippen molar-refractivity contribution in [3.63, 3.8) is 0 Å². The third kappa shape index (κ3) is 3.24. The lowest BCUT2D eigenvalue weighted by Crippen LogP contribution is -2.24. The van der Waals surface area contributed by atoms with Crippen molar-refractivity contribution >= 4 is 0 Å². The monoisotopic (exact) mass is 249 g/mol. The molecule has 0 heterocycles. The number of fused-ring (bicyclic) bond motifs is 1. The van der Waals surface area contributed by atoms with Gasteiger partial charge in [0.2, 0.25) is 0 Å². The van der Waals surface area contributed by atoms with Crippen LogP contribution in [0.25, 0.3) is 0 Å². The van der Waals surface area contributed by atoms with Gasteiger partial charge in [0.05, 0.1) is 6.61 Å². The van der Waals surface area contributed by atoms with E-state index in [1.165, 1.54) is 30.4 Å². The summed E-state index contributed by atoms with van der Waals surface area (Å²) in [5.74, 6) is 0.954. The Balaban J connectivity index is 2.09. The molecule has 2 rings (SSSR count). The van der Waals surface area contributed by atoms with E-state index in [2.05, 4.69) is 30.4 Å². The van der Waals surface area contributed by atoms with Crippen molar-refractivity contribution in [3.8, 4) is 5.75 Å². The molecule has 1 unspecified atom stereocenters. The van der Waals surface area contributed by atoms with Crippen LogP contribution in [0, 0.1) is 0 Å². The summed E-state index contributed by atoms with van der Waals surface area (Å²) >= 11 is 0. The summed E-state index contributed by atoms with van der Waals surface area (Å²) in [7, 11) is 1.69. The number of ether oxygens (including phenoxy) is 2. The molecule has 0 aliphatic heterocycles. The van der Waals surface area contributed by atoms with Gasteiger partial charge in [0.15, 0.2) is 0 Å². The zero-order chi connectivity index (χ0) is 12.8. The van der Waals surface area contributed by atoms with Gasteiger partial charge >= 0.3 is 0 Å². The summed E-state index contributed by atoms with van der Waals surface area (Å²) in [4.78, 5) is 0. The first-order valence-electron chi connectivity index (χ1n) is 6.83. The second kappa shape index (κ2) is 6.76. The van der Waals surface area contributed by atoms with Crippen LogP contribution in [-0.2, 0) is 11.2 Å². The topological polar surface area (TPSA) is 30.5 Å². The molecule has 0 saturated heterocycles. The molecule has 1 N–H and O–H groups in total. The minimum atomic E-state index is 0.490. The maximum atomic E-state index is 5.69. The van der Waals surface area contributed by atoms with Crippen molar-refractivity contribution in [1.29, 1.82) is 0 Å². The number of hydrogen-bond acceptors (Lipinski definition) is 3. The van der Waals surface area contributed by atoms with E-state index >= 15 is 0 Å². The number of nitrogens with one attached hydrogen (secondary N) is 1. The molecule has 0 radical (unpaired) electrons. The van der Waals surface area contributed by atoms with Gasteiger partial charge < -0.3 is 14.8 Å². The lowest BCUT2D eigenvalue weighted by Gasteiger charge is -2.26. The minimum absolute atomic E-state index is 0.490. The fraction of sp³-hybridized carbons (Fsp3) is 0.600. The summed E-state index contributed by atoms with van der Waals surface area (Å²) in [6.07, 6.45) is 3.69. The summed E-state index contributed by atoms with van der Waals surface area (Å²) in [6.45, 7) is 4.42. The molecular weight excluding hydrogens is 226 g/mol. The lowest BCUT2D eigenvalue weighted by atomic mass is 9.87. The molecule has 3 nitrogen and oxygen atoms in total. The molecule has 1 aromatic carbocycles. The summed E-state index contributed by atoms with van der Waals surface area (Å²) < 4.78 is 10.7. The molecule has 1 atom stereocenters. The van der Waals surface area contributed by atoms with Crippen molar-refractivity contribution in [2.75, 3.05) is 26.9 Å². The zero-order valence-electron chi connectivity index (χ0n) is 11.4. The average Bonchev–Trinajstić information content (AvgIpc) is 2.40. The van der Waals surface area contributed by atoms with Crippen molar-refractivity contribution < 1.29 is 9.47 Å². The summed E-state index contributed by atoms with van der Waals surface area (Å²) in [6, 6.07) is 6.96. The highest BCUT2D eigenvalue weighted by atomic mass is 16.5. The second-order valence-corrected chi connectivity index (χ2v) is 4.70. The van der Waals surface area contributed by atoms with Crippen LogP contribution in [0.2, 0.25) is 0 Å². The van der Waals surface area contributed by atoms with Crippen molar-refractivity contribution in [1.82, 2.24) is 5.32 Å². The van der Waals surface area contributed by atoms with E-state index in [0.717, 1.165) is 12.3 Å². The zero-order valence-corrected chi connectivity index (χ0v) is 11.4. The minimum Gasteiger partial charge on any atom is -0.491 e. The SMILES string of the molecule is CCNC1CCCc2ccc(OCCOC)cc21. The van der Waals surface area contributed by atoms with Gasteiger partial charge in [-0.25, -0.2) is 0 Å². The van der Waals surface area contributed by atoms with Gasteiger partial charge in [-0.3, -0.25) is 0 Å². The fourth-order valence-electron chi connectivity index (χ4n) is 2.57. The van der Waals surface area contributed by atoms with Gasteiger partial charge in [0, 0.05) is 13.2 Å². The van der Waals surface area contributed by atoms with Crippen LogP contribution in [0.5, 0.6) is 5.75 Å². The van der Waals surface area contributed by atoms with Crippen LogP contribution in [0.4, 0.5) is 0 Å². The molecule has 0 spiro atoms. The highest BCUT2D eigenvalue weighted by Gasteiger charge is 2.19. The molecule has 0 bridgehead atoms. The molecule has 3 heteroatoms. The smallest absolute Gasteiger partial charge is 0.119 e. The summed E-state index contributed by atoms with van der Waals surface area (Å²) in [5, 5.41) is 3.55. The van der Waals surface area contributed by atoms with Gasteiger partial charge in [-0.2, -0.15) is 0 Å². The molecule has 1 aliphatic carbocycles. The number of aryl methyl sites for hydroxylation is 1. The molecule has 0 fully saturated rings. The molecule has 100 valence electrons. The van der Waals surface area contributed by atoms with Crippen LogP contribution in [-0.4, -0.2) is 26.9 Å². The van der Waals surface area contributed by atoms with Crippen LogP contribution < -0.4 is 10.1 Å². The standard InChI is InChI=1S/C15H23NO2/c1-3-16-15-6-4-5-12-7-8-13(11-14(12)15)18-10-9-17-2/h7-8,11,15-16H,3-6,9-10H2,1-2H3. The fourth-order valence-corrected chi connectivity index (χ4v) is 2.57. The van der Waals surface area contributed by atoms with Crippen molar-refractivity contribution in [2.24, 2.45) is 0 Å². The van der Waals surface area contributed by atoms with E-state index in [9.17, 15) is 0 Å². The van der Waals surface area contributed by atoms with Gasteiger partial charge in [-0.15, -0.1) is 0 Å². The third-order valence-electron chi connectivity index (χ3n) is 3.44. The Hall–Kier alpha value is -1.06. The van der Waals surface area contributed by atoms with Crippen molar-refractivity contribution in [2.45, 2.75) is 32.2 Å². The van der Waals surface area contributed by atoms with Crippen LogP contribution in [0.1, 0.15) is 36.9 Å².